The molecule has 1 aliphatic carbocycles. The van der Waals surface area contributed by atoms with Crippen LogP contribution in [0.3, 0.4) is 0 Å². The molecular formula is C60H41NO. The molecule has 0 saturated heterocycles. The predicted molar refractivity (Wildman–Crippen MR) is 260 cm³/mol. The third-order valence-electron chi connectivity index (χ3n) is 13.2. The molecule has 0 bridgehead atoms. The fourth-order valence-corrected chi connectivity index (χ4v) is 10.3. The molecule has 62 heavy (non-hydrogen) atoms. The van der Waals surface area contributed by atoms with E-state index in [-0.39, 0.29) is 5.41 Å². The van der Waals surface area contributed by atoms with Gasteiger partial charge in [-0.05, 0) is 104 Å². The van der Waals surface area contributed by atoms with E-state index in [9.17, 15) is 0 Å². The molecule has 2 nitrogen and oxygen atoms in total. The number of furan rings is 1. The number of nitrogens with zero attached hydrogens (tertiary/aromatic N) is 1. The standard InChI is InChI=1S/C60H41NO/c1-60(43-22-6-3-7-23-43)51-30-11-8-25-49(51)59-52(60)31-17-33-54(59)61(44-38-36-41(37-39-44)46-28-16-35-56-58(46)50-26-10-13-34-55(50)62-56)53-32-12-9-24-47(53)48-29-15-21-42-20-14-27-45(57(42)48)40-18-4-2-5-19-40/h2-39H,1H3. The summed E-state index contributed by atoms with van der Waals surface area (Å²) in [6, 6.07) is 83.9. The third kappa shape index (κ3) is 5.50. The number of fused-ring (bicyclic) bond motifs is 7. The van der Waals surface area contributed by atoms with Crippen molar-refractivity contribution in [2.75, 3.05) is 4.90 Å². The normalized spacial score (nSPS) is 14.3. The molecule has 12 rings (SSSR count). The Morgan fingerprint density at radius 1 is 0.371 bits per heavy atom. The van der Waals surface area contributed by atoms with E-state index in [0.717, 1.165) is 55.7 Å². The van der Waals surface area contributed by atoms with Crippen molar-refractivity contribution < 1.29 is 4.42 Å². The Morgan fingerprint density at radius 2 is 0.919 bits per heavy atom. The molecule has 0 radical (unpaired) electrons. The summed E-state index contributed by atoms with van der Waals surface area (Å²) in [4.78, 5) is 2.50. The van der Waals surface area contributed by atoms with E-state index >= 15 is 0 Å². The van der Waals surface area contributed by atoms with Crippen LogP contribution in [-0.4, -0.2) is 0 Å². The topological polar surface area (TPSA) is 16.4 Å². The number of hydrogen-bond acceptors (Lipinski definition) is 2. The first-order valence-corrected chi connectivity index (χ1v) is 21.4. The Kier molecular flexibility index (Phi) is 8.33. The Bertz CT molecular complexity index is 3470. The Labute approximate surface area is 361 Å². The molecule has 1 unspecified atom stereocenters. The van der Waals surface area contributed by atoms with Gasteiger partial charge in [-0.1, -0.05) is 194 Å². The van der Waals surface area contributed by atoms with Gasteiger partial charge in [-0.15, -0.1) is 0 Å². The second-order valence-electron chi connectivity index (χ2n) is 16.5. The summed E-state index contributed by atoms with van der Waals surface area (Å²) < 4.78 is 6.33. The number of para-hydroxylation sites is 2. The monoisotopic (exact) mass is 791 g/mol. The van der Waals surface area contributed by atoms with Crippen molar-refractivity contribution in [3.63, 3.8) is 0 Å². The van der Waals surface area contributed by atoms with Crippen LogP contribution in [0.25, 0.3) is 77.2 Å². The summed E-state index contributed by atoms with van der Waals surface area (Å²) in [6.45, 7) is 2.39. The summed E-state index contributed by atoms with van der Waals surface area (Å²) in [7, 11) is 0. The van der Waals surface area contributed by atoms with Crippen LogP contribution in [0.5, 0.6) is 0 Å². The summed E-state index contributed by atoms with van der Waals surface area (Å²) in [5.74, 6) is 0. The third-order valence-corrected chi connectivity index (χ3v) is 13.2. The second kappa shape index (κ2) is 14.4. The SMILES string of the molecule is CC1(c2ccccc2)c2ccccc2-c2c(N(c3ccc(-c4cccc5oc6ccccc6c45)cc3)c3ccccc3-c3cccc4cccc(-c5ccccc5)c34)cccc21. The number of anilines is 3. The highest BCUT2D eigenvalue weighted by Gasteiger charge is 2.42. The lowest BCUT2D eigenvalue weighted by Gasteiger charge is -2.32. The first-order chi connectivity index (χ1) is 30.7. The summed E-state index contributed by atoms with van der Waals surface area (Å²) in [5.41, 5.74) is 18.3. The van der Waals surface area contributed by atoms with E-state index in [0.29, 0.717) is 0 Å². The van der Waals surface area contributed by atoms with Gasteiger partial charge in [0, 0.05) is 33.0 Å². The van der Waals surface area contributed by atoms with Gasteiger partial charge in [0.1, 0.15) is 11.2 Å². The molecule has 0 aliphatic heterocycles. The van der Waals surface area contributed by atoms with Gasteiger partial charge >= 0.3 is 0 Å². The zero-order valence-corrected chi connectivity index (χ0v) is 34.3. The van der Waals surface area contributed by atoms with Gasteiger partial charge in [-0.2, -0.15) is 0 Å². The van der Waals surface area contributed by atoms with Crippen LogP contribution in [0.15, 0.2) is 235 Å². The minimum atomic E-state index is -0.343. The molecule has 1 aromatic heterocycles. The van der Waals surface area contributed by atoms with E-state index in [1.165, 1.54) is 55.3 Å². The minimum Gasteiger partial charge on any atom is -0.456 e. The highest BCUT2D eigenvalue weighted by Crippen LogP contribution is 2.57. The van der Waals surface area contributed by atoms with E-state index in [1.54, 1.807) is 0 Å². The van der Waals surface area contributed by atoms with Crippen molar-refractivity contribution in [3.8, 4) is 44.5 Å². The Balaban J connectivity index is 1.11. The van der Waals surface area contributed by atoms with E-state index in [1.807, 2.05) is 6.07 Å². The lowest BCUT2D eigenvalue weighted by atomic mass is 9.74. The van der Waals surface area contributed by atoms with Crippen molar-refractivity contribution in [1.29, 1.82) is 0 Å². The number of benzene rings is 10. The molecule has 1 aliphatic rings. The van der Waals surface area contributed by atoms with Crippen molar-refractivity contribution >= 4 is 49.8 Å². The van der Waals surface area contributed by atoms with Crippen molar-refractivity contribution in [2.45, 2.75) is 12.3 Å². The highest BCUT2D eigenvalue weighted by atomic mass is 16.3. The first kappa shape index (κ1) is 36.0. The van der Waals surface area contributed by atoms with Gasteiger partial charge < -0.3 is 9.32 Å². The average molecular weight is 792 g/mol. The zero-order chi connectivity index (χ0) is 41.2. The van der Waals surface area contributed by atoms with Crippen LogP contribution < -0.4 is 4.90 Å². The fourth-order valence-electron chi connectivity index (χ4n) is 10.3. The van der Waals surface area contributed by atoms with E-state index in [2.05, 4.69) is 236 Å². The van der Waals surface area contributed by atoms with Crippen LogP contribution in [0.2, 0.25) is 0 Å². The summed E-state index contributed by atoms with van der Waals surface area (Å²) in [5, 5.41) is 4.72. The van der Waals surface area contributed by atoms with Crippen LogP contribution in [-0.2, 0) is 5.41 Å². The number of hydrogen-bond donors (Lipinski definition) is 0. The first-order valence-electron chi connectivity index (χ1n) is 21.4. The van der Waals surface area contributed by atoms with Crippen molar-refractivity contribution in [3.05, 3.63) is 247 Å². The number of rotatable bonds is 7. The molecule has 0 amide bonds. The summed E-state index contributed by atoms with van der Waals surface area (Å²) in [6.07, 6.45) is 0. The van der Waals surface area contributed by atoms with Crippen LogP contribution >= 0.6 is 0 Å². The van der Waals surface area contributed by atoms with Crippen molar-refractivity contribution in [2.24, 2.45) is 0 Å². The van der Waals surface area contributed by atoms with E-state index in [4.69, 9.17) is 4.42 Å². The molecule has 10 aromatic carbocycles. The predicted octanol–water partition coefficient (Wildman–Crippen LogP) is 16.5. The zero-order valence-electron chi connectivity index (χ0n) is 34.3. The fraction of sp³-hybridized carbons (Fsp3) is 0.0333. The molecule has 0 spiro atoms. The minimum absolute atomic E-state index is 0.343. The maximum Gasteiger partial charge on any atom is 0.136 e. The molecule has 292 valence electrons. The smallest absolute Gasteiger partial charge is 0.136 e. The maximum absolute atomic E-state index is 6.33. The van der Waals surface area contributed by atoms with Crippen LogP contribution in [0.1, 0.15) is 23.6 Å². The molecule has 0 N–H and O–H groups in total. The van der Waals surface area contributed by atoms with Crippen molar-refractivity contribution in [1.82, 2.24) is 0 Å². The van der Waals surface area contributed by atoms with Gasteiger partial charge in [-0.3, -0.25) is 0 Å². The lowest BCUT2D eigenvalue weighted by Crippen LogP contribution is -2.22. The highest BCUT2D eigenvalue weighted by molar-refractivity contribution is 6.13. The summed E-state index contributed by atoms with van der Waals surface area (Å²) >= 11 is 0. The lowest BCUT2D eigenvalue weighted by molar-refractivity contribution is 0.669. The van der Waals surface area contributed by atoms with Crippen LogP contribution in [0.4, 0.5) is 17.1 Å². The molecule has 0 fully saturated rings. The van der Waals surface area contributed by atoms with Gasteiger partial charge in [0.05, 0.1) is 11.4 Å². The molecular weight excluding hydrogens is 751 g/mol. The molecule has 0 saturated carbocycles. The van der Waals surface area contributed by atoms with Gasteiger partial charge in [0.15, 0.2) is 0 Å². The molecule has 11 aromatic rings. The average Bonchev–Trinajstić information content (AvgIpc) is 3.86. The molecule has 2 heteroatoms. The van der Waals surface area contributed by atoms with Gasteiger partial charge in [-0.25, -0.2) is 0 Å². The second-order valence-corrected chi connectivity index (χ2v) is 16.5. The van der Waals surface area contributed by atoms with Gasteiger partial charge in [0.2, 0.25) is 0 Å². The van der Waals surface area contributed by atoms with Crippen LogP contribution in [0, 0.1) is 0 Å². The quantitative estimate of drug-likeness (QED) is 0.160. The Hall–Kier alpha value is -7.94. The Morgan fingerprint density at radius 3 is 1.73 bits per heavy atom. The van der Waals surface area contributed by atoms with E-state index < -0.39 is 0 Å². The van der Waals surface area contributed by atoms with Gasteiger partial charge in [0.25, 0.3) is 0 Å². The molecule has 1 heterocycles. The largest absolute Gasteiger partial charge is 0.456 e. The molecule has 1 atom stereocenters. The maximum atomic E-state index is 6.33.